The first-order valence-corrected chi connectivity index (χ1v) is 8.27. The van der Waals surface area contributed by atoms with Crippen LogP contribution in [0.1, 0.15) is 18.9 Å². The van der Waals surface area contributed by atoms with Gasteiger partial charge in [0.25, 0.3) is 11.8 Å². The molecule has 1 aromatic carbocycles. The average Bonchev–Trinajstić information content (AvgIpc) is 3.05. The van der Waals surface area contributed by atoms with E-state index >= 15 is 0 Å². The van der Waals surface area contributed by atoms with Gasteiger partial charge < -0.3 is 0 Å². The van der Waals surface area contributed by atoms with Crippen LogP contribution in [0.2, 0.25) is 0 Å². The van der Waals surface area contributed by atoms with E-state index in [-0.39, 0.29) is 11.7 Å². The summed E-state index contributed by atoms with van der Waals surface area (Å²) in [5, 5.41) is 13.1. The third-order valence-corrected chi connectivity index (χ3v) is 4.32. The molecule has 0 fully saturated rings. The molecule has 24 heavy (non-hydrogen) atoms. The summed E-state index contributed by atoms with van der Waals surface area (Å²) in [4.78, 5) is 28.8. The van der Waals surface area contributed by atoms with Crippen LogP contribution in [0.15, 0.2) is 35.3 Å². The number of rotatable bonds is 4. The zero-order chi connectivity index (χ0) is 17.1. The molecule has 2 heterocycles. The van der Waals surface area contributed by atoms with Crippen molar-refractivity contribution in [3.63, 3.8) is 0 Å². The van der Waals surface area contributed by atoms with Gasteiger partial charge in [0.15, 0.2) is 0 Å². The van der Waals surface area contributed by atoms with Gasteiger partial charge in [-0.15, -0.1) is 10.2 Å². The molecule has 2 amide bonds. The molecule has 0 aliphatic carbocycles. The van der Waals surface area contributed by atoms with E-state index in [0.717, 1.165) is 11.4 Å². The lowest BCUT2D eigenvalue weighted by Crippen LogP contribution is -2.57. The Morgan fingerprint density at radius 2 is 2.08 bits per heavy atom. The Balaban J connectivity index is 1.78. The number of hydrogen-bond donors (Lipinski definition) is 2. The van der Waals surface area contributed by atoms with Gasteiger partial charge in [0.05, 0.1) is 5.69 Å². The highest BCUT2D eigenvalue weighted by Crippen LogP contribution is 2.18. The van der Waals surface area contributed by atoms with Crippen molar-refractivity contribution < 1.29 is 9.59 Å². The van der Waals surface area contributed by atoms with Crippen molar-refractivity contribution in [1.82, 2.24) is 15.6 Å². The lowest BCUT2D eigenvalue weighted by atomic mass is 10.2. The first-order chi connectivity index (χ1) is 11.6. The summed E-state index contributed by atoms with van der Waals surface area (Å²) in [6.45, 7) is 3.61. The van der Waals surface area contributed by atoms with Crippen molar-refractivity contribution in [2.45, 2.75) is 26.3 Å². The van der Waals surface area contributed by atoms with Gasteiger partial charge in [0.1, 0.15) is 11.0 Å². The molecule has 2 aromatic rings. The van der Waals surface area contributed by atoms with Gasteiger partial charge in [-0.3, -0.25) is 20.3 Å². The molecule has 0 saturated carbocycles. The molecule has 3 rings (SSSR count). The highest BCUT2D eigenvalue weighted by atomic mass is 32.1. The van der Waals surface area contributed by atoms with E-state index in [0.29, 0.717) is 10.8 Å². The number of hydrazine groups is 1. The lowest BCUT2D eigenvalue weighted by molar-refractivity contribution is -0.120. The van der Waals surface area contributed by atoms with Crippen molar-refractivity contribution in [1.29, 1.82) is 0 Å². The normalized spacial score (nSPS) is 17.2. The summed E-state index contributed by atoms with van der Waals surface area (Å²) < 4.78 is 0. The number of aryl methyl sites for hydroxylation is 1. The topological polar surface area (TPSA) is 99.6 Å². The molecule has 9 heteroatoms. The van der Waals surface area contributed by atoms with E-state index < -0.39 is 11.9 Å². The number of anilines is 2. The van der Waals surface area contributed by atoms with E-state index in [1.807, 2.05) is 25.1 Å². The second-order valence-electron chi connectivity index (χ2n) is 5.08. The largest absolute Gasteiger partial charge is 0.294 e. The third kappa shape index (κ3) is 3.25. The lowest BCUT2D eigenvalue weighted by Gasteiger charge is -2.30. The quantitative estimate of drug-likeness (QED) is 0.873. The van der Waals surface area contributed by atoms with Crippen molar-refractivity contribution in [3.8, 4) is 0 Å². The van der Waals surface area contributed by atoms with Crippen LogP contribution < -0.4 is 15.8 Å². The molecule has 0 radical (unpaired) electrons. The molecular weight excluding hydrogens is 328 g/mol. The van der Waals surface area contributed by atoms with E-state index in [1.54, 1.807) is 19.1 Å². The molecule has 8 nitrogen and oxygen atoms in total. The predicted molar refractivity (Wildman–Crippen MR) is 91.9 cm³/mol. The minimum atomic E-state index is -0.659. The van der Waals surface area contributed by atoms with E-state index in [1.165, 1.54) is 16.3 Å². The van der Waals surface area contributed by atoms with Gasteiger partial charge in [0, 0.05) is 0 Å². The molecular formula is C15H16N6O2S. The first kappa shape index (κ1) is 16.1. The fraction of sp³-hybridized carbons (Fsp3) is 0.267. The molecule has 124 valence electrons. The highest BCUT2D eigenvalue weighted by molar-refractivity contribution is 7.15. The van der Waals surface area contributed by atoms with Crippen LogP contribution in [0.4, 0.5) is 10.8 Å². The number of nitrogens with zero attached hydrogens (tertiary/aromatic N) is 4. The monoisotopic (exact) mass is 344 g/mol. The maximum atomic E-state index is 12.4. The van der Waals surface area contributed by atoms with E-state index in [4.69, 9.17) is 0 Å². The highest BCUT2D eigenvalue weighted by Gasteiger charge is 2.30. The number of nitrogens with one attached hydrogen (secondary N) is 2. The summed E-state index contributed by atoms with van der Waals surface area (Å²) in [5.41, 5.74) is 3.41. The number of para-hydroxylation sites is 1. The average molecular weight is 344 g/mol. The maximum Gasteiger partial charge on any atom is 0.294 e. The summed E-state index contributed by atoms with van der Waals surface area (Å²) in [6, 6.07) is 8.37. The fourth-order valence-electron chi connectivity index (χ4n) is 2.11. The number of amides is 2. The van der Waals surface area contributed by atoms with Crippen LogP contribution in [-0.2, 0) is 16.0 Å². The van der Waals surface area contributed by atoms with Crippen LogP contribution in [0.3, 0.4) is 0 Å². The van der Waals surface area contributed by atoms with Crippen molar-refractivity contribution in [3.05, 3.63) is 35.3 Å². The van der Waals surface area contributed by atoms with Crippen LogP contribution in [0.25, 0.3) is 0 Å². The molecule has 0 spiro atoms. The Kier molecular flexibility index (Phi) is 4.52. The number of carbonyl (C=O) groups is 2. The number of benzene rings is 1. The van der Waals surface area contributed by atoms with Gasteiger partial charge in [-0.2, -0.15) is 0 Å². The smallest absolute Gasteiger partial charge is 0.294 e. The molecule has 0 unspecified atom stereocenters. The van der Waals surface area contributed by atoms with E-state index in [2.05, 4.69) is 25.9 Å². The Morgan fingerprint density at radius 3 is 2.75 bits per heavy atom. The fourth-order valence-corrected chi connectivity index (χ4v) is 2.78. The zero-order valence-corrected chi connectivity index (χ0v) is 14.0. The summed E-state index contributed by atoms with van der Waals surface area (Å²) in [6.07, 6.45) is 0.750. The van der Waals surface area contributed by atoms with Crippen molar-refractivity contribution in [2.75, 3.05) is 10.3 Å². The third-order valence-electron chi connectivity index (χ3n) is 3.34. The minimum Gasteiger partial charge on any atom is -0.294 e. The van der Waals surface area contributed by atoms with Gasteiger partial charge in [-0.25, -0.2) is 10.0 Å². The van der Waals surface area contributed by atoms with Crippen LogP contribution in [0, 0.1) is 0 Å². The summed E-state index contributed by atoms with van der Waals surface area (Å²) >= 11 is 1.31. The molecule has 0 bridgehead atoms. The Bertz CT molecular complexity index is 788. The minimum absolute atomic E-state index is 0.0548. The van der Waals surface area contributed by atoms with Gasteiger partial charge in [-0.05, 0) is 25.5 Å². The van der Waals surface area contributed by atoms with Gasteiger partial charge >= 0.3 is 0 Å². The second kappa shape index (κ2) is 6.75. The Morgan fingerprint density at radius 1 is 1.33 bits per heavy atom. The SMILES string of the molecule is CCc1nnc(NC(=O)C2=N[C@@H](C)C(=O)N(c3ccccc3)N2)s1. The van der Waals surface area contributed by atoms with Crippen LogP contribution in [0.5, 0.6) is 0 Å². The Hall–Kier alpha value is -2.81. The van der Waals surface area contributed by atoms with Crippen LogP contribution >= 0.6 is 11.3 Å². The number of aliphatic imine (C=N–C) groups is 1. The Labute approximate surface area is 142 Å². The molecule has 1 aliphatic heterocycles. The molecule has 1 aromatic heterocycles. The summed E-state index contributed by atoms with van der Waals surface area (Å²) in [5.74, 6) is -0.643. The molecule has 1 atom stereocenters. The van der Waals surface area contributed by atoms with Crippen LogP contribution in [-0.4, -0.2) is 33.9 Å². The summed E-state index contributed by atoms with van der Waals surface area (Å²) in [7, 11) is 0. The number of amidine groups is 1. The number of aromatic nitrogens is 2. The first-order valence-electron chi connectivity index (χ1n) is 7.45. The molecule has 0 saturated heterocycles. The van der Waals surface area contributed by atoms with E-state index in [9.17, 15) is 9.59 Å². The maximum absolute atomic E-state index is 12.4. The van der Waals surface area contributed by atoms with Gasteiger partial charge in [0.2, 0.25) is 11.0 Å². The zero-order valence-electron chi connectivity index (χ0n) is 13.2. The number of hydrogen-bond acceptors (Lipinski definition) is 7. The molecule has 2 N–H and O–H groups in total. The second-order valence-corrected chi connectivity index (χ2v) is 6.15. The van der Waals surface area contributed by atoms with Crippen molar-refractivity contribution in [2.24, 2.45) is 4.99 Å². The van der Waals surface area contributed by atoms with Crippen molar-refractivity contribution >= 4 is 39.8 Å². The molecule has 1 aliphatic rings. The number of carbonyl (C=O) groups excluding carboxylic acids is 2. The standard InChI is InChI=1S/C15H16N6O2S/c1-3-11-18-19-15(24-11)17-13(22)12-16-9(2)14(23)21(20-12)10-7-5-4-6-8-10/h4-9H,3H2,1-2H3,(H,16,20)(H,17,19,22)/t9-/m0/s1. The predicted octanol–water partition coefficient (Wildman–Crippen LogP) is 1.38. The van der Waals surface area contributed by atoms with Gasteiger partial charge in [-0.1, -0.05) is 36.5 Å².